The monoisotopic (exact) mass is 253 g/mol. The fourth-order valence-corrected chi connectivity index (χ4v) is 1.84. The highest BCUT2D eigenvalue weighted by molar-refractivity contribution is 7.99. The van der Waals surface area contributed by atoms with Gasteiger partial charge >= 0.3 is 5.69 Å². The van der Waals surface area contributed by atoms with Crippen molar-refractivity contribution in [2.45, 2.75) is 10.2 Å². The molecule has 0 atom stereocenters. The number of rotatable bonds is 4. The first-order chi connectivity index (χ1) is 8.20. The van der Waals surface area contributed by atoms with Crippen LogP contribution in [0.1, 0.15) is 0 Å². The van der Waals surface area contributed by atoms with Gasteiger partial charge < -0.3 is 5.43 Å². The zero-order valence-electron chi connectivity index (χ0n) is 8.32. The predicted octanol–water partition coefficient (Wildman–Crippen LogP) is 0.545. The number of aromatic nitrogens is 4. The standard InChI is InChI=1S/C7H7N7O2S/c8-12-5-2-1-4(14(15)16)6(11-5)17-7-9-3-10-13-7/h1-3H,8H2,(H,11,12)(H,9,10,13). The zero-order chi connectivity index (χ0) is 12.3. The minimum absolute atomic E-state index is 0.120. The molecule has 0 aliphatic heterocycles. The largest absolute Gasteiger partial charge is 0.308 e. The van der Waals surface area contributed by atoms with Crippen molar-refractivity contribution < 1.29 is 4.92 Å². The minimum Gasteiger partial charge on any atom is -0.308 e. The quantitative estimate of drug-likeness (QED) is 0.408. The lowest BCUT2D eigenvalue weighted by Gasteiger charge is -2.02. The summed E-state index contributed by atoms with van der Waals surface area (Å²) in [5.74, 6) is 5.52. The van der Waals surface area contributed by atoms with Crippen LogP contribution in [0, 0.1) is 10.1 Å². The number of pyridine rings is 1. The van der Waals surface area contributed by atoms with Gasteiger partial charge in [0.1, 0.15) is 12.1 Å². The summed E-state index contributed by atoms with van der Waals surface area (Å²) in [5.41, 5.74) is 2.20. The molecule has 0 unspecified atom stereocenters. The summed E-state index contributed by atoms with van der Waals surface area (Å²) in [4.78, 5) is 18.1. The maximum absolute atomic E-state index is 10.8. The summed E-state index contributed by atoms with van der Waals surface area (Å²) in [6.07, 6.45) is 1.30. The second kappa shape index (κ2) is 4.76. The molecule has 0 amide bonds. The summed E-state index contributed by atoms with van der Waals surface area (Å²) in [5, 5.41) is 17.6. The third kappa shape index (κ3) is 2.49. The van der Waals surface area contributed by atoms with E-state index in [4.69, 9.17) is 5.84 Å². The first kappa shape index (κ1) is 11.3. The van der Waals surface area contributed by atoms with E-state index in [1.54, 1.807) is 0 Å². The number of aromatic amines is 1. The third-order valence-electron chi connectivity index (χ3n) is 1.77. The maximum atomic E-state index is 10.8. The van der Waals surface area contributed by atoms with Gasteiger partial charge in [-0.3, -0.25) is 15.2 Å². The van der Waals surface area contributed by atoms with E-state index in [1.807, 2.05) is 0 Å². The third-order valence-corrected chi connectivity index (χ3v) is 2.65. The smallest absolute Gasteiger partial charge is 0.301 e. The molecule has 2 aromatic rings. The van der Waals surface area contributed by atoms with Crippen molar-refractivity contribution >= 4 is 23.3 Å². The van der Waals surface area contributed by atoms with E-state index in [-0.39, 0.29) is 10.7 Å². The number of nitrogens with zero attached hydrogens (tertiary/aromatic N) is 4. The van der Waals surface area contributed by atoms with E-state index in [2.05, 4.69) is 25.6 Å². The number of nitro groups is 1. The van der Waals surface area contributed by atoms with Crippen molar-refractivity contribution in [3.63, 3.8) is 0 Å². The second-order valence-corrected chi connectivity index (χ2v) is 3.79. The fourth-order valence-electron chi connectivity index (χ4n) is 1.06. The van der Waals surface area contributed by atoms with Gasteiger partial charge in [0.2, 0.25) is 0 Å². The molecule has 0 aliphatic rings. The molecule has 0 radical (unpaired) electrons. The van der Waals surface area contributed by atoms with E-state index in [0.29, 0.717) is 11.0 Å². The minimum atomic E-state index is -0.522. The number of H-pyrrole nitrogens is 1. The number of nitrogens with one attached hydrogen (secondary N) is 2. The van der Waals surface area contributed by atoms with Gasteiger partial charge in [-0.05, 0) is 17.8 Å². The molecule has 0 bridgehead atoms. The van der Waals surface area contributed by atoms with E-state index < -0.39 is 4.92 Å². The molecule has 0 aromatic carbocycles. The van der Waals surface area contributed by atoms with Crippen LogP contribution < -0.4 is 11.3 Å². The molecule has 2 aromatic heterocycles. The van der Waals surface area contributed by atoms with Gasteiger partial charge in [-0.1, -0.05) is 0 Å². The van der Waals surface area contributed by atoms with Crippen molar-refractivity contribution in [1.82, 2.24) is 20.2 Å². The fraction of sp³-hybridized carbons (Fsp3) is 0. The van der Waals surface area contributed by atoms with Crippen molar-refractivity contribution in [2.75, 3.05) is 5.43 Å². The Morgan fingerprint density at radius 2 is 2.35 bits per heavy atom. The zero-order valence-corrected chi connectivity index (χ0v) is 9.14. The molecular formula is C7H7N7O2S. The Kier molecular flexibility index (Phi) is 3.16. The van der Waals surface area contributed by atoms with Crippen molar-refractivity contribution in [3.05, 3.63) is 28.6 Å². The molecule has 0 spiro atoms. The van der Waals surface area contributed by atoms with E-state index >= 15 is 0 Å². The molecule has 0 fully saturated rings. The highest BCUT2D eigenvalue weighted by atomic mass is 32.2. The summed E-state index contributed by atoms with van der Waals surface area (Å²) in [6.45, 7) is 0. The number of hydrazine groups is 1. The summed E-state index contributed by atoms with van der Waals surface area (Å²) < 4.78 is 0. The molecule has 4 N–H and O–H groups in total. The van der Waals surface area contributed by atoms with Crippen molar-refractivity contribution in [2.24, 2.45) is 5.84 Å². The van der Waals surface area contributed by atoms with Crippen LogP contribution in [0.4, 0.5) is 11.5 Å². The van der Waals surface area contributed by atoms with Crippen LogP contribution in [-0.2, 0) is 0 Å². The molecule has 10 heteroatoms. The van der Waals surface area contributed by atoms with E-state index in [9.17, 15) is 10.1 Å². The lowest BCUT2D eigenvalue weighted by atomic mass is 10.4. The normalized spacial score (nSPS) is 10.2. The van der Waals surface area contributed by atoms with Gasteiger partial charge in [-0.15, -0.1) is 0 Å². The summed E-state index contributed by atoms with van der Waals surface area (Å²) in [6, 6.07) is 2.74. The van der Waals surface area contributed by atoms with Crippen LogP contribution in [-0.4, -0.2) is 25.1 Å². The van der Waals surface area contributed by atoms with E-state index in [0.717, 1.165) is 11.8 Å². The molecule has 2 heterocycles. The Hall–Kier alpha value is -2.20. The van der Waals surface area contributed by atoms with Crippen LogP contribution in [0.15, 0.2) is 28.6 Å². The lowest BCUT2D eigenvalue weighted by Crippen LogP contribution is -2.09. The number of nitrogen functional groups attached to an aromatic ring is 1. The Morgan fingerprint density at radius 1 is 1.53 bits per heavy atom. The SMILES string of the molecule is NNc1ccc([N+](=O)[O-])c(Sc2ncn[nH]2)n1. The molecule has 0 saturated carbocycles. The van der Waals surface area contributed by atoms with Crippen LogP contribution in [0.25, 0.3) is 0 Å². The highest BCUT2D eigenvalue weighted by Gasteiger charge is 2.18. The van der Waals surface area contributed by atoms with Crippen molar-refractivity contribution in [3.8, 4) is 0 Å². The number of nitrogens with two attached hydrogens (primary N) is 1. The van der Waals surface area contributed by atoms with Gasteiger partial charge in [0, 0.05) is 6.07 Å². The molecule has 17 heavy (non-hydrogen) atoms. The number of hydrogen-bond acceptors (Lipinski definition) is 8. The van der Waals surface area contributed by atoms with Gasteiger partial charge in [0.05, 0.1) is 4.92 Å². The van der Waals surface area contributed by atoms with Crippen LogP contribution in [0.3, 0.4) is 0 Å². The van der Waals surface area contributed by atoms with E-state index in [1.165, 1.54) is 18.5 Å². The van der Waals surface area contributed by atoms with Crippen LogP contribution >= 0.6 is 11.8 Å². The Bertz CT molecular complexity index is 529. The summed E-state index contributed by atoms with van der Waals surface area (Å²) >= 11 is 1.00. The molecule has 9 nitrogen and oxygen atoms in total. The summed E-state index contributed by atoms with van der Waals surface area (Å²) in [7, 11) is 0. The molecule has 88 valence electrons. The average Bonchev–Trinajstić information content (AvgIpc) is 2.81. The molecule has 0 aliphatic carbocycles. The highest BCUT2D eigenvalue weighted by Crippen LogP contribution is 2.31. The topological polar surface area (TPSA) is 136 Å². The lowest BCUT2D eigenvalue weighted by molar-refractivity contribution is -0.388. The number of anilines is 1. The first-order valence-electron chi connectivity index (χ1n) is 4.36. The molecule has 2 rings (SSSR count). The Morgan fingerprint density at radius 3 is 2.94 bits per heavy atom. The maximum Gasteiger partial charge on any atom is 0.301 e. The van der Waals surface area contributed by atoms with Crippen LogP contribution in [0.5, 0.6) is 0 Å². The first-order valence-corrected chi connectivity index (χ1v) is 5.17. The van der Waals surface area contributed by atoms with Gasteiger partial charge in [-0.25, -0.2) is 15.8 Å². The predicted molar refractivity (Wildman–Crippen MR) is 59.2 cm³/mol. The average molecular weight is 253 g/mol. The van der Waals surface area contributed by atoms with Gasteiger partial charge in [0.25, 0.3) is 0 Å². The molecular weight excluding hydrogens is 246 g/mol. The molecule has 0 saturated heterocycles. The number of hydrogen-bond donors (Lipinski definition) is 3. The second-order valence-electron chi connectivity index (χ2n) is 2.81. The Balaban J connectivity index is 2.38. The van der Waals surface area contributed by atoms with Gasteiger partial charge in [-0.2, -0.15) is 5.10 Å². The van der Waals surface area contributed by atoms with Crippen molar-refractivity contribution in [1.29, 1.82) is 0 Å². The van der Waals surface area contributed by atoms with Gasteiger partial charge in [0.15, 0.2) is 10.2 Å². The van der Waals surface area contributed by atoms with Crippen LogP contribution in [0.2, 0.25) is 0 Å². The Labute approximate surface area is 99.0 Å².